The van der Waals surface area contributed by atoms with Gasteiger partial charge in [-0.1, -0.05) is 29.5 Å². The maximum atomic E-state index is 12.7. The van der Waals surface area contributed by atoms with Gasteiger partial charge in [0.15, 0.2) is 5.82 Å². The van der Waals surface area contributed by atoms with Crippen LogP contribution in [0.2, 0.25) is 0 Å². The van der Waals surface area contributed by atoms with Crippen molar-refractivity contribution in [2.75, 3.05) is 14.2 Å². The summed E-state index contributed by atoms with van der Waals surface area (Å²) in [5, 5.41) is 4.35. The number of nitrogens with zero attached hydrogens (tertiary/aromatic N) is 3. The molecule has 0 aliphatic heterocycles. The van der Waals surface area contributed by atoms with Crippen LogP contribution in [0.25, 0.3) is 22.4 Å². The smallest absolute Gasteiger partial charge is 0.291 e. The summed E-state index contributed by atoms with van der Waals surface area (Å²) in [6, 6.07) is 14.9. The van der Waals surface area contributed by atoms with Crippen LogP contribution in [0.1, 0.15) is 5.56 Å². The molecule has 0 saturated carbocycles. The quantitative estimate of drug-likeness (QED) is 0.556. The van der Waals surface area contributed by atoms with Crippen LogP contribution in [-0.2, 0) is 0 Å². The lowest BCUT2D eigenvalue weighted by atomic mass is 10.2. The van der Waals surface area contributed by atoms with Crippen LogP contribution in [0.3, 0.4) is 0 Å². The first-order chi connectivity index (χ1) is 12.7. The number of hydrogen-bond donors (Lipinski definition) is 0. The SMILES string of the molecule is COc1ccc(-c2nc3s/c(=C/c4ccccc4OC)c(=O)n3n2)cc1. The van der Waals surface area contributed by atoms with Crippen molar-refractivity contribution >= 4 is 22.4 Å². The molecule has 0 aliphatic carbocycles. The van der Waals surface area contributed by atoms with Gasteiger partial charge >= 0.3 is 0 Å². The van der Waals surface area contributed by atoms with E-state index >= 15 is 0 Å². The lowest BCUT2D eigenvalue weighted by molar-refractivity contribution is 0.414. The van der Waals surface area contributed by atoms with Crippen LogP contribution in [-0.4, -0.2) is 28.8 Å². The Bertz CT molecular complexity index is 1180. The van der Waals surface area contributed by atoms with Gasteiger partial charge in [0, 0.05) is 11.1 Å². The van der Waals surface area contributed by atoms with E-state index < -0.39 is 0 Å². The van der Waals surface area contributed by atoms with E-state index in [0.717, 1.165) is 16.9 Å². The molecule has 0 N–H and O–H groups in total. The Kier molecular flexibility index (Phi) is 4.14. The second-order valence-electron chi connectivity index (χ2n) is 5.52. The van der Waals surface area contributed by atoms with E-state index in [2.05, 4.69) is 10.1 Å². The number of aromatic nitrogens is 3. The standard InChI is InChI=1S/C19H15N3O3S/c1-24-14-9-7-12(8-10-14)17-20-19-22(21-17)18(23)16(26-19)11-13-5-3-4-6-15(13)25-2/h3-11H,1-2H3/b16-11+. The first-order valence-electron chi connectivity index (χ1n) is 7.88. The summed E-state index contributed by atoms with van der Waals surface area (Å²) in [6.45, 7) is 0. The Morgan fingerprint density at radius 2 is 1.81 bits per heavy atom. The van der Waals surface area contributed by atoms with E-state index in [4.69, 9.17) is 9.47 Å². The average molecular weight is 365 g/mol. The van der Waals surface area contributed by atoms with Crippen molar-refractivity contribution in [1.82, 2.24) is 14.6 Å². The summed E-state index contributed by atoms with van der Waals surface area (Å²) in [4.78, 5) is 17.7. The van der Waals surface area contributed by atoms with Gasteiger partial charge in [-0.2, -0.15) is 9.50 Å². The molecule has 4 aromatic rings. The molecule has 2 aromatic heterocycles. The number of benzene rings is 2. The number of thiazole rings is 1. The molecule has 0 atom stereocenters. The normalized spacial score (nSPS) is 11.8. The maximum Gasteiger partial charge on any atom is 0.291 e. The van der Waals surface area contributed by atoms with E-state index in [1.165, 1.54) is 15.9 Å². The van der Waals surface area contributed by atoms with E-state index in [0.29, 0.717) is 21.1 Å². The minimum Gasteiger partial charge on any atom is -0.497 e. The van der Waals surface area contributed by atoms with Gasteiger partial charge in [-0.05, 0) is 36.4 Å². The summed E-state index contributed by atoms with van der Waals surface area (Å²) in [6.07, 6.45) is 1.80. The largest absolute Gasteiger partial charge is 0.497 e. The topological polar surface area (TPSA) is 65.7 Å². The highest BCUT2D eigenvalue weighted by molar-refractivity contribution is 7.15. The first kappa shape index (κ1) is 16.3. The van der Waals surface area contributed by atoms with Crippen LogP contribution in [0.15, 0.2) is 53.3 Å². The van der Waals surface area contributed by atoms with Crippen LogP contribution in [0.5, 0.6) is 11.5 Å². The Morgan fingerprint density at radius 3 is 2.50 bits per heavy atom. The molecule has 0 unspecified atom stereocenters. The predicted octanol–water partition coefficient (Wildman–Crippen LogP) is 2.38. The van der Waals surface area contributed by atoms with E-state index in [-0.39, 0.29) is 5.56 Å². The lowest BCUT2D eigenvalue weighted by Gasteiger charge is -2.02. The summed E-state index contributed by atoms with van der Waals surface area (Å²) in [5.41, 5.74) is 1.48. The summed E-state index contributed by atoms with van der Waals surface area (Å²) >= 11 is 1.30. The molecule has 4 rings (SSSR count). The zero-order chi connectivity index (χ0) is 18.1. The highest BCUT2D eigenvalue weighted by atomic mass is 32.1. The Hall–Kier alpha value is -3.19. The molecular formula is C19H15N3O3S. The van der Waals surface area contributed by atoms with E-state index in [9.17, 15) is 4.79 Å². The van der Waals surface area contributed by atoms with Gasteiger partial charge in [0.1, 0.15) is 11.5 Å². The Morgan fingerprint density at radius 1 is 1.04 bits per heavy atom. The molecule has 0 spiro atoms. The molecule has 0 bridgehead atoms. The third-order valence-corrected chi connectivity index (χ3v) is 4.91. The van der Waals surface area contributed by atoms with Gasteiger partial charge in [-0.3, -0.25) is 4.79 Å². The van der Waals surface area contributed by atoms with Crippen molar-refractivity contribution in [2.45, 2.75) is 0 Å². The molecule has 0 fully saturated rings. The van der Waals surface area contributed by atoms with E-state index in [1.807, 2.05) is 48.5 Å². The lowest BCUT2D eigenvalue weighted by Crippen LogP contribution is -2.23. The molecular weight excluding hydrogens is 350 g/mol. The minimum atomic E-state index is -0.192. The summed E-state index contributed by atoms with van der Waals surface area (Å²) in [7, 11) is 3.22. The zero-order valence-electron chi connectivity index (χ0n) is 14.2. The summed E-state index contributed by atoms with van der Waals surface area (Å²) in [5.74, 6) is 1.98. The van der Waals surface area contributed by atoms with Gasteiger partial charge < -0.3 is 9.47 Å². The zero-order valence-corrected chi connectivity index (χ0v) is 15.0. The van der Waals surface area contributed by atoms with Gasteiger partial charge in [0.05, 0.1) is 18.8 Å². The van der Waals surface area contributed by atoms with Crippen LogP contribution in [0.4, 0.5) is 0 Å². The van der Waals surface area contributed by atoms with Gasteiger partial charge in [-0.15, -0.1) is 5.10 Å². The minimum absolute atomic E-state index is 0.192. The third-order valence-electron chi connectivity index (χ3n) is 3.96. The van der Waals surface area contributed by atoms with E-state index in [1.54, 1.807) is 20.3 Å². The maximum absolute atomic E-state index is 12.7. The number of fused-ring (bicyclic) bond motifs is 1. The Balaban J connectivity index is 1.78. The molecule has 0 radical (unpaired) electrons. The van der Waals surface area contributed by atoms with Gasteiger partial charge in [-0.25, -0.2) is 0 Å². The van der Waals surface area contributed by atoms with Gasteiger partial charge in [0.2, 0.25) is 4.96 Å². The number of methoxy groups -OCH3 is 2. The molecule has 2 heterocycles. The number of rotatable bonds is 4. The van der Waals surface area contributed by atoms with Crippen molar-refractivity contribution < 1.29 is 9.47 Å². The molecule has 6 nitrogen and oxygen atoms in total. The highest BCUT2D eigenvalue weighted by Gasteiger charge is 2.12. The third kappa shape index (κ3) is 2.82. The fourth-order valence-corrected chi connectivity index (χ4v) is 3.52. The molecule has 130 valence electrons. The van der Waals surface area contributed by atoms with Crippen molar-refractivity contribution in [3.8, 4) is 22.9 Å². The van der Waals surface area contributed by atoms with Crippen LogP contribution in [0, 0.1) is 0 Å². The van der Waals surface area contributed by atoms with Crippen LogP contribution < -0.4 is 19.6 Å². The molecule has 7 heteroatoms. The van der Waals surface area contributed by atoms with Gasteiger partial charge in [0.25, 0.3) is 5.56 Å². The fourth-order valence-electron chi connectivity index (χ4n) is 2.62. The molecule has 2 aromatic carbocycles. The second kappa shape index (κ2) is 6.61. The number of hydrogen-bond acceptors (Lipinski definition) is 6. The molecule has 26 heavy (non-hydrogen) atoms. The molecule has 0 aliphatic rings. The van der Waals surface area contributed by atoms with Crippen molar-refractivity contribution in [1.29, 1.82) is 0 Å². The number of para-hydroxylation sites is 1. The monoisotopic (exact) mass is 365 g/mol. The first-order valence-corrected chi connectivity index (χ1v) is 8.70. The average Bonchev–Trinajstić information content (AvgIpc) is 3.22. The van der Waals surface area contributed by atoms with Crippen molar-refractivity contribution in [3.05, 3.63) is 69.0 Å². The number of ether oxygens (including phenoxy) is 2. The van der Waals surface area contributed by atoms with Crippen LogP contribution >= 0.6 is 11.3 Å². The fraction of sp³-hybridized carbons (Fsp3) is 0.105. The molecule has 0 amide bonds. The highest BCUT2D eigenvalue weighted by Crippen LogP contribution is 2.21. The van der Waals surface area contributed by atoms with Crippen molar-refractivity contribution in [3.63, 3.8) is 0 Å². The second-order valence-corrected chi connectivity index (χ2v) is 6.53. The predicted molar refractivity (Wildman–Crippen MR) is 101 cm³/mol. The summed E-state index contributed by atoms with van der Waals surface area (Å²) < 4.78 is 12.4. The van der Waals surface area contributed by atoms with Crippen molar-refractivity contribution in [2.24, 2.45) is 0 Å². The Labute approximate surface area is 153 Å². The molecule has 0 saturated heterocycles.